The van der Waals surface area contributed by atoms with Crippen molar-refractivity contribution in [3.05, 3.63) is 29.8 Å². The second-order valence-corrected chi connectivity index (χ2v) is 5.77. The van der Waals surface area contributed by atoms with Crippen molar-refractivity contribution in [2.45, 2.75) is 45.1 Å². The highest BCUT2D eigenvalue weighted by molar-refractivity contribution is 5.89. The molecule has 3 nitrogen and oxygen atoms in total. The van der Waals surface area contributed by atoms with Gasteiger partial charge in [0.05, 0.1) is 12.6 Å². The molecule has 0 aromatic heterocycles. The third kappa shape index (κ3) is 3.04. The Kier molecular flexibility index (Phi) is 4.81. The Morgan fingerprint density at radius 1 is 1.35 bits per heavy atom. The number of benzene rings is 1. The number of carbonyl (C=O) groups excluding carboxylic acids is 1. The Morgan fingerprint density at radius 3 is 2.65 bits per heavy atom. The quantitative estimate of drug-likeness (QED) is 0.799. The molecule has 1 atom stereocenters. The third-order valence-corrected chi connectivity index (χ3v) is 4.59. The minimum Gasteiger partial charge on any atom is -0.497 e. The van der Waals surface area contributed by atoms with Crippen LogP contribution in [0.4, 0.5) is 0 Å². The van der Waals surface area contributed by atoms with Gasteiger partial charge in [-0.2, -0.15) is 0 Å². The van der Waals surface area contributed by atoms with Crippen LogP contribution < -0.4 is 4.74 Å². The lowest BCUT2D eigenvalue weighted by molar-refractivity contribution is -0.129. The summed E-state index contributed by atoms with van der Waals surface area (Å²) in [6, 6.07) is 7.81. The van der Waals surface area contributed by atoms with Crippen molar-refractivity contribution in [1.29, 1.82) is 0 Å². The molecule has 1 aromatic rings. The number of ether oxygens (including phenoxy) is 1. The molecular weight excluding hydrogens is 250 g/mol. The zero-order chi connectivity index (χ0) is 14.6. The van der Waals surface area contributed by atoms with Gasteiger partial charge < -0.3 is 4.74 Å². The number of nitrogens with zero attached hydrogens (tertiary/aromatic N) is 1. The summed E-state index contributed by atoms with van der Waals surface area (Å²) < 4.78 is 5.23. The van der Waals surface area contributed by atoms with Crippen LogP contribution in [0.5, 0.6) is 5.75 Å². The van der Waals surface area contributed by atoms with Gasteiger partial charge in [-0.1, -0.05) is 19.1 Å². The number of hydrogen-bond donors (Lipinski definition) is 0. The van der Waals surface area contributed by atoms with Crippen LogP contribution in [0.3, 0.4) is 0 Å². The Labute approximate surface area is 121 Å². The van der Waals surface area contributed by atoms with E-state index in [0.29, 0.717) is 12.2 Å². The normalized spacial score (nSPS) is 18.8. The maximum Gasteiger partial charge on any atom is 0.157 e. The fourth-order valence-electron chi connectivity index (χ4n) is 2.97. The van der Waals surface area contributed by atoms with Crippen molar-refractivity contribution in [2.75, 3.05) is 20.2 Å². The zero-order valence-corrected chi connectivity index (χ0v) is 12.8. The Morgan fingerprint density at radius 2 is 2.05 bits per heavy atom. The first kappa shape index (κ1) is 15.0. The minimum atomic E-state index is -0.320. The number of ketones is 1. The van der Waals surface area contributed by atoms with Gasteiger partial charge in [0.15, 0.2) is 5.78 Å². The van der Waals surface area contributed by atoms with Crippen molar-refractivity contribution >= 4 is 5.78 Å². The molecule has 1 heterocycles. The lowest BCUT2D eigenvalue weighted by Gasteiger charge is -2.36. The molecule has 3 heteroatoms. The standard InChI is InChI=1S/C17H25NO2/c1-4-17(2,18-10-5-6-11-18)16(19)13-14-8-7-9-15(12-14)20-3/h7-9,12H,4-6,10-11,13H2,1-3H3. The van der Waals surface area contributed by atoms with Gasteiger partial charge in [0.25, 0.3) is 0 Å². The van der Waals surface area contributed by atoms with Gasteiger partial charge in [0, 0.05) is 6.42 Å². The number of methoxy groups -OCH3 is 1. The van der Waals surface area contributed by atoms with Crippen LogP contribution in [-0.4, -0.2) is 36.4 Å². The van der Waals surface area contributed by atoms with Crippen LogP contribution in [-0.2, 0) is 11.2 Å². The minimum absolute atomic E-state index is 0.315. The van der Waals surface area contributed by atoms with Gasteiger partial charge in [0.2, 0.25) is 0 Å². The lowest BCUT2D eigenvalue weighted by atomic mass is 9.87. The van der Waals surface area contributed by atoms with Gasteiger partial charge >= 0.3 is 0 Å². The van der Waals surface area contributed by atoms with Gasteiger partial charge in [-0.15, -0.1) is 0 Å². The van der Waals surface area contributed by atoms with Crippen LogP contribution in [0.25, 0.3) is 0 Å². The smallest absolute Gasteiger partial charge is 0.157 e. The summed E-state index contributed by atoms with van der Waals surface area (Å²) in [5, 5.41) is 0. The van der Waals surface area contributed by atoms with E-state index in [1.165, 1.54) is 12.8 Å². The molecule has 1 fully saturated rings. The van der Waals surface area contributed by atoms with Crippen LogP contribution in [0.1, 0.15) is 38.7 Å². The van der Waals surface area contributed by atoms with Crippen LogP contribution >= 0.6 is 0 Å². The van der Waals surface area contributed by atoms with E-state index in [-0.39, 0.29) is 5.54 Å². The van der Waals surface area contributed by atoms with Crippen molar-refractivity contribution in [2.24, 2.45) is 0 Å². The predicted molar refractivity (Wildman–Crippen MR) is 81.2 cm³/mol. The Balaban J connectivity index is 2.12. The highest BCUT2D eigenvalue weighted by Gasteiger charge is 2.38. The first-order chi connectivity index (χ1) is 9.60. The average molecular weight is 275 g/mol. The van der Waals surface area contributed by atoms with E-state index in [0.717, 1.165) is 30.8 Å². The fraction of sp³-hybridized carbons (Fsp3) is 0.588. The monoisotopic (exact) mass is 275 g/mol. The van der Waals surface area contributed by atoms with E-state index in [4.69, 9.17) is 4.74 Å². The third-order valence-electron chi connectivity index (χ3n) is 4.59. The summed E-state index contributed by atoms with van der Waals surface area (Å²) in [5.41, 5.74) is 0.716. The van der Waals surface area contributed by atoms with Gasteiger partial charge in [-0.25, -0.2) is 0 Å². The molecule has 0 spiro atoms. The van der Waals surface area contributed by atoms with E-state index in [9.17, 15) is 4.79 Å². The highest BCUT2D eigenvalue weighted by Crippen LogP contribution is 2.27. The first-order valence-corrected chi connectivity index (χ1v) is 7.51. The van der Waals surface area contributed by atoms with Crippen molar-refractivity contribution in [1.82, 2.24) is 4.90 Å². The summed E-state index contributed by atoms with van der Waals surface area (Å²) >= 11 is 0. The second-order valence-electron chi connectivity index (χ2n) is 5.77. The van der Waals surface area contributed by atoms with Gasteiger partial charge in [-0.05, 0) is 57.0 Å². The second kappa shape index (κ2) is 6.40. The van der Waals surface area contributed by atoms with E-state index in [1.54, 1.807) is 7.11 Å². The molecule has 1 aliphatic heterocycles. The molecule has 0 radical (unpaired) electrons. The number of hydrogen-bond acceptors (Lipinski definition) is 3. The van der Waals surface area contributed by atoms with Crippen LogP contribution in [0.2, 0.25) is 0 Å². The van der Waals surface area contributed by atoms with E-state index in [2.05, 4.69) is 18.7 Å². The molecule has 0 aliphatic carbocycles. The van der Waals surface area contributed by atoms with Gasteiger partial charge in [-0.3, -0.25) is 9.69 Å². The predicted octanol–water partition coefficient (Wildman–Crippen LogP) is 3.07. The summed E-state index contributed by atoms with van der Waals surface area (Å²) in [6.45, 7) is 6.31. The van der Waals surface area contributed by atoms with Crippen LogP contribution in [0.15, 0.2) is 24.3 Å². The Bertz CT molecular complexity index is 466. The lowest BCUT2D eigenvalue weighted by Crippen LogP contribution is -2.51. The average Bonchev–Trinajstić information content (AvgIpc) is 3.01. The maximum absolute atomic E-state index is 12.8. The number of likely N-dealkylation sites (tertiary alicyclic amines) is 1. The summed E-state index contributed by atoms with van der Waals surface area (Å²) in [6.07, 6.45) is 3.78. The number of rotatable bonds is 6. The highest BCUT2D eigenvalue weighted by atomic mass is 16.5. The van der Waals surface area contributed by atoms with E-state index < -0.39 is 0 Å². The Hall–Kier alpha value is -1.35. The fourth-order valence-corrected chi connectivity index (χ4v) is 2.97. The molecular formula is C17H25NO2. The van der Waals surface area contributed by atoms with Crippen molar-refractivity contribution < 1.29 is 9.53 Å². The molecule has 1 unspecified atom stereocenters. The van der Waals surface area contributed by atoms with Gasteiger partial charge in [0.1, 0.15) is 5.75 Å². The molecule has 20 heavy (non-hydrogen) atoms. The molecule has 0 saturated carbocycles. The van der Waals surface area contributed by atoms with Crippen molar-refractivity contribution in [3.8, 4) is 5.75 Å². The summed E-state index contributed by atoms with van der Waals surface area (Å²) in [7, 11) is 1.65. The molecule has 0 amide bonds. The van der Waals surface area contributed by atoms with E-state index >= 15 is 0 Å². The van der Waals surface area contributed by atoms with E-state index in [1.807, 2.05) is 24.3 Å². The molecule has 110 valence electrons. The summed E-state index contributed by atoms with van der Waals surface area (Å²) in [4.78, 5) is 15.1. The topological polar surface area (TPSA) is 29.5 Å². The molecule has 0 N–H and O–H groups in total. The first-order valence-electron chi connectivity index (χ1n) is 7.51. The molecule has 1 aliphatic rings. The number of Topliss-reactive ketones (excluding diaryl/α,β-unsaturated/α-hetero) is 1. The molecule has 1 saturated heterocycles. The summed E-state index contributed by atoms with van der Waals surface area (Å²) in [5.74, 6) is 1.13. The zero-order valence-electron chi connectivity index (χ0n) is 12.8. The number of carbonyl (C=O) groups is 1. The maximum atomic E-state index is 12.8. The van der Waals surface area contributed by atoms with Crippen LogP contribution in [0, 0.1) is 0 Å². The SMILES string of the molecule is CCC(C)(C(=O)Cc1cccc(OC)c1)N1CCCC1. The molecule has 1 aromatic carbocycles. The largest absolute Gasteiger partial charge is 0.497 e. The molecule has 0 bridgehead atoms. The molecule has 2 rings (SSSR count). The van der Waals surface area contributed by atoms with Crippen molar-refractivity contribution in [3.63, 3.8) is 0 Å².